The first-order valence-electron chi connectivity index (χ1n) is 5.08. The van der Waals surface area contributed by atoms with Gasteiger partial charge in [-0.25, -0.2) is 4.98 Å². The van der Waals surface area contributed by atoms with Crippen LogP contribution in [-0.4, -0.2) is 22.3 Å². The first-order chi connectivity index (χ1) is 7.20. The zero-order chi connectivity index (χ0) is 10.8. The van der Waals surface area contributed by atoms with Gasteiger partial charge in [0.1, 0.15) is 4.60 Å². The molecule has 0 aliphatic carbocycles. The number of halogens is 1. The van der Waals surface area contributed by atoms with Crippen LogP contribution in [0.15, 0.2) is 22.9 Å². The standard InChI is InChI=1S/C11H13BrN2O/c1-8(15)14-7-3-5-10(14)9-4-2-6-13-11(9)12/h2,4,6,10H,3,5,7H2,1H3. The first-order valence-corrected chi connectivity index (χ1v) is 5.87. The molecule has 1 aromatic rings. The van der Waals surface area contributed by atoms with Gasteiger partial charge in [-0.15, -0.1) is 0 Å². The summed E-state index contributed by atoms with van der Waals surface area (Å²) in [6.07, 6.45) is 3.86. The molecule has 0 spiro atoms. The van der Waals surface area contributed by atoms with Crippen LogP contribution in [0.4, 0.5) is 0 Å². The minimum Gasteiger partial charge on any atom is -0.336 e. The van der Waals surface area contributed by atoms with Gasteiger partial charge in [0.25, 0.3) is 0 Å². The Morgan fingerprint density at radius 3 is 3.13 bits per heavy atom. The third-order valence-electron chi connectivity index (χ3n) is 2.80. The van der Waals surface area contributed by atoms with Gasteiger partial charge in [-0.1, -0.05) is 6.07 Å². The van der Waals surface area contributed by atoms with Crippen molar-refractivity contribution in [1.82, 2.24) is 9.88 Å². The molecule has 1 aliphatic heterocycles. The zero-order valence-corrected chi connectivity index (χ0v) is 10.2. The summed E-state index contributed by atoms with van der Waals surface area (Å²) in [6, 6.07) is 4.14. The monoisotopic (exact) mass is 268 g/mol. The van der Waals surface area contributed by atoms with Gasteiger partial charge in [0.15, 0.2) is 0 Å². The number of hydrogen-bond acceptors (Lipinski definition) is 2. The molecule has 1 saturated heterocycles. The van der Waals surface area contributed by atoms with Crippen LogP contribution in [0.3, 0.4) is 0 Å². The fraction of sp³-hybridized carbons (Fsp3) is 0.455. The molecule has 0 radical (unpaired) electrons. The molecule has 1 atom stereocenters. The van der Waals surface area contributed by atoms with E-state index < -0.39 is 0 Å². The molecular formula is C11H13BrN2O. The second kappa shape index (κ2) is 4.31. The van der Waals surface area contributed by atoms with Crippen LogP contribution in [0.1, 0.15) is 31.4 Å². The third-order valence-corrected chi connectivity index (χ3v) is 3.47. The van der Waals surface area contributed by atoms with Crippen LogP contribution in [-0.2, 0) is 4.79 Å². The number of carbonyl (C=O) groups excluding carboxylic acids is 1. The topological polar surface area (TPSA) is 33.2 Å². The molecule has 0 bridgehead atoms. The van der Waals surface area contributed by atoms with E-state index in [1.165, 1.54) is 0 Å². The van der Waals surface area contributed by atoms with E-state index in [9.17, 15) is 4.79 Å². The van der Waals surface area contributed by atoms with Crippen LogP contribution in [0.2, 0.25) is 0 Å². The van der Waals surface area contributed by atoms with Crippen molar-refractivity contribution in [3.05, 3.63) is 28.5 Å². The highest BCUT2D eigenvalue weighted by Gasteiger charge is 2.29. The molecule has 0 saturated carbocycles. The number of rotatable bonds is 1. The first kappa shape index (κ1) is 10.6. The SMILES string of the molecule is CC(=O)N1CCCC1c1cccnc1Br. The van der Waals surface area contributed by atoms with Gasteiger partial charge < -0.3 is 4.90 Å². The maximum Gasteiger partial charge on any atom is 0.219 e. The fourth-order valence-electron chi connectivity index (χ4n) is 2.11. The Balaban J connectivity index is 2.30. The van der Waals surface area contributed by atoms with Crippen molar-refractivity contribution in [3.8, 4) is 0 Å². The highest BCUT2D eigenvalue weighted by atomic mass is 79.9. The van der Waals surface area contributed by atoms with Gasteiger partial charge in [-0.05, 0) is 34.8 Å². The van der Waals surface area contributed by atoms with Gasteiger partial charge in [0.05, 0.1) is 6.04 Å². The van der Waals surface area contributed by atoms with Crippen LogP contribution in [0.25, 0.3) is 0 Å². The van der Waals surface area contributed by atoms with Crippen LogP contribution >= 0.6 is 15.9 Å². The summed E-state index contributed by atoms with van der Waals surface area (Å²) >= 11 is 3.43. The van der Waals surface area contributed by atoms with Crippen molar-refractivity contribution in [3.63, 3.8) is 0 Å². The minimum atomic E-state index is 0.147. The highest BCUT2D eigenvalue weighted by Crippen LogP contribution is 2.34. The summed E-state index contributed by atoms with van der Waals surface area (Å²) in [5.74, 6) is 0.147. The number of pyridine rings is 1. The summed E-state index contributed by atoms with van der Waals surface area (Å²) in [4.78, 5) is 17.5. The molecule has 80 valence electrons. The average Bonchev–Trinajstić information content (AvgIpc) is 2.67. The molecule has 1 unspecified atom stereocenters. The Morgan fingerprint density at radius 2 is 2.47 bits per heavy atom. The van der Waals surface area contributed by atoms with Crippen LogP contribution < -0.4 is 0 Å². The van der Waals surface area contributed by atoms with Crippen molar-refractivity contribution in [1.29, 1.82) is 0 Å². The van der Waals surface area contributed by atoms with E-state index in [-0.39, 0.29) is 11.9 Å². The second-order valence-corrected chi connectivity index (χ2v) is 4.51. The van der Waals surface area contributed by atoms with E-state index in [1.807, 2.05) is 17.0 Å². The van der Waals surface area contributed by atoms with E-state index in [1.54, 1.807) is 13.1 Å². The molecule has 15 heavy (non-hydrogen) atoms. The van der Waals surface area contributed by atoms with Crippen molar-refractivity contribution in [2.24, 2.45) is 0 Å². The van der Waals surface area contributed by atoms with Gasteiger partial charge >= 0.3 is 0 Å². The number of carbonyl (C=O) groups is 1. The molecule has 4 heteroatoms. The molecule has 0 aromatic carbocycles. The molecule has 0 N–H and O–H groups in total. The fourth-order valence-corrected chi connectivity index (χ4v) is 2.63. The van der Waals surface area contributed by atoms with Crippen molar-refractivity contribution >= 4 is 21.8 Å². The Labute approximate surface area is 97.6 Å². The average molecular weight is 269 g/mol. The number of likely N-dealkylation sites (tertiary alicyclic amines) is 1. The molecule has 1 aromatic heterocycles. The number of nitrogens with zero attached hydrogens (tertiary/aromatic N) is 2. The van der Waals surface area contributed by atoms with Crippen LogP contribution in [0, 0.1) is 0 Å². The van der Waals surface area contributed by atoms with E-state index >= 15 is 0 Å². The summed E-state index contributed by atoms with van der Waals surface area (Å²) in [5, 5.41) is 0. The maximum absolute atomic E-state index is 11.4. The van der Waals surface area contributed by atoms with Gasteiger partial charge in [0, 0.05) is 25.2 Å². The quantitative estimate of drug-likeness (QED) is 0.734. The molecule has 2 rings (SSSR count). The predicted molar refractivity (Wildman–Crippen MR) is 61.3 cm³/mol. The molecule has 1 aliphatic rings. The lowest BCUT2D eigenvalue weighted by Crippen LogP contribution is -2.28. The predicted octanol–water partition coefficient (Wildman–Crippen LogP) is 2.53. The molecule has 2 heterocycles. The van der Waals surface area contributed by atoms with Gasteiger partial charge in [-0.2, -0.15) is 0 Å². The third kappa shape index (κ3) is 2.04. The summed E-state index contributed by atoms with van der Waals surface area (Å²) in [6.45, 7) is 2.49. The Hall–Kier alpha value is -0.900. The molecular weight excluding hydrogens is 256 g/mol. The van der Waals surface area contributed by atoms with E-state index in [0.29, 0.717) is 0 Å². The Morgan fingerprint density at radius 1 is 1.67 bits per heavy atom. The lowest BCUT2D eigenvalue weighted by atomic mass is 10.1. The Bertz CT molecular complexity index is 381. The largest absolute Gasteiger partial charge is 0.336 e. The number of amides is 1. The van der Waals surface area contributed by atoms with Crippen molar-refractivity contribution in [2.75, 3.05) is 6.54 Å². The van der Waals surface area contributed by atoms with Gasteiger partial charge in [0.2, 0.25) is 5.91 Å². The molecule has 3 nitrogen and oxygen atoms in total. The van der Waals surface area contributed by atoms with E-state index in [4.69, 9.17) is 0 Å². The summed E-state index contributed by atoms with van der Waals surface area (Å²) in [5.41, 5.74) is 1.12. The summed E-state index contributed by atoms with van der Waals surface area (Å²) < 4.78 is 0.850. The second-order valence-electron chi connectivity index (χ2n) is 3.75. The highest BCUT2D eigenvalue weighted by molar-refractivity contribution is 9.10. The molecule has 1 amide bonds. The maximum atomic E-state index is 11.4. The summed E-state index contributed by atoms with van der Waals surface area (Å²) in [7, 11) is 0. The number of hydrogen-bond donors (Lipinski definition) is 0. The van der Waals surface area contributed by atoms with E-state index in [0.717, 1.165) is 29.6 Å². The normalized spacial score (nSPS) is 20.7. The zero-order valence-electron chi connectivity index (χ0n) is 8.61. The van der Waals surface area contributed by atoms with E-state index in [2.05, 4.69) is 20.9 Å². The Kier molecular flexibility index (Phi) is 3.05. The lowest BCUT2D eigenvalue weighted by Gasteiger charge is -2.23. The minimum absolute atomic E-state index is 0.147. The smallest absolute Gasteiger partial charge is 0.219 e. The lowest BCUT2D eigenvalue weighted by molar-refractivity contribution is -0.129. The van der Waals surface area contributed by atoms with Gasteiger partial charge in [-0.3, -0.25) is 4.79 Å². The van der Waals surface area contributed by atoms with Crippen LogP contribution in [0.5, 0.6) is 0 Å². The van der Waals surface area contributed by atoms with Crippen molar-refractivity contribution < 1.29 is 4.79 Å². The molecule has 1 fully saturated rings. The van der Waals surface area contributed by atoms with Crippen molar-refractivity contribution in [2.45, 2.75) is 25.8 Å². The number of aromatic nitrogens is 1.